The maximum Gasteiger partial charge on any atom is 0.0794 e. The number of benzene rings is 1. The van der Waals surface area contributed by atoms with E-state index in [1.807, 2.05) is 11.7 Å². The van der Waals surface area contributed by atoms with Gasteiger partial charge in [0, 0.05) is 23.5 Å². The van der Waals surface area contributed by atoms with Crippen LogP contribution < -0.4 is 5.73 Å². The third kappa shape index (κ3) is 2.68. The molecule has 0 aliphatic carbocycles. The minimum atomic E-state index is 0.0753. The molecule has 2 nitrogen and oxygen atoms in total. The van der Waals surface area contributed by atoms with Crippen molar-refractivity contribution in [2.24, 2.45) is 5.73 Å². The molecule has 0 bridgehead atoms. The summed E-state index contributed by atoms with van der Waals surface area (Å²) in [5, 5.41) is 0. The Morgan fingerprint density at radius 2 is 2.06 bits per heavy atom. The summed E-state index contributed by atoms with van der Waals surface area (Å²) >= 11 is 1.66. The summed E-state index contributed by atoms with van der Waals surface area (Å²) < 4.78 is 0. The molecular weight excluding hydrogens is 216 g/mol. The molecule has 16 heavy (non-hydrogen) atoms. The first-order valence-electron chi connectivity index (χ1n) is 5.51. The van der Waals surface area contributed by atoms with Gasteiger partial charge in [-0.3, -0.25) is 4.98 Å². The monoisotopic (exact) mass is 232 g/mol. The summed E-state index contributed by atoms with van der Waals surface area (Å²) in [7, 11) is 0. The van der Waals surface area contributed by atoms with Gasteiger partial charge in [-0.2, -0.15) is 0 Å². The predicted octanol–water partition coefficient (Wildman–Crippen LogP) is 2.95. The lowest BCUT2D eigenvalue weighted by atomic mass is 10.0. The molecule has 3 heteroatoms. The van der Waals surface area contributed by atoms with E-state index in [1.54, 1.807) is 11.3 Å². The molecule has 1 unspecified atom stereocenters. The Hall–Kier alpha value is -1.19. The summed E-state index contributed by atoms with van der Waals surface area (Å²) in [5.41, 5.74) is 10.6. The Morgan fingerprint density at radius 1 is 1.31 bits per heavy atom. The molecule has 0 saturated carbocycles. The van der Waals surface area contributed by atoms with Gasteiger partial charge in [-0.05, 0) is 17.5 Å². The molecule has 0 spiro atoms. The Bertz CT molecular complexity index is 420. The predicted molar refractivity (Wildman–Crippen MR) is 68.6 cm³/mol. The van der Waals surface area contributed by atoms with Gasteiger partial charge in [0.15, 0.2) is 0 Å². The third-order valence-electron chi connectivity index (χ3n) is 2.72. The van der Waals surface area contributed by atoms with Crippen LogP contribution >= 0.6 is 11.3 Å². The normalized spacial score (nSPS) is 12.6. The Kier molecular flexibility index (Phi) is 3.70. The molecule has 2 N–H and O–H groups in total. The zero-order valence-electron chi connectivity index (χ0n) is 9.39. The minimum Gasteiger partial charge on any atom is -0.324 e. The lowest BCUT2D eigenvalue weighted by Crippen LogP contribution is -2.12. The van der Waals surface area contributed by atoms with Crippen LogP contribution in [0.1, 0.15) is 29.0 Å². The van der Waals surface area contributed by atoms with Gasteiger partial charge < -0.3 is 5.73 Å². The molecule has 0 fully saturated rings. The number of aryl methyl sites for hydroxylation is 1. The molecule has 0 radical (unpaired) electrons. The Labute approximate surface area is 100 Å². The number of rotatable bonds is 4. The Morgan fingerprint density at radius 3 is 2.62 bits per heavy atom. The van der Waals surface area contributed by atoms with Crippen LogP contribution in [0, 0.1) is 0 Å². The van der Waals surface area contributed by atoms with Crippen molar-refractivity contribution in [3.63, 3.8) is 0 Å². The van der Waals surface area contributed by atoms with Crippen LogP contribution in [0.25, 0.3) is 0 Å². The fourth-order valence-corrected chi connectivity index (χ4v) is 2.33. The highest BCUT2D eigenvalue weighted by Gasteiger charge is 2.07. The second kappa shape index (κ2) is 5.23. The van der Waals surface area contributed by atoms with Gasteiger partial charge in [0.25, 0.3) is 0 Å². The smallest absolute Gasteiger partial charge is 0.0794 e. The van der Waals surface area contributed by atoms with E-state index in [0.29, 0.717) is 0 Å². The summed E-state index contributed by atoms with van der Waals surface area (Å²) in [6, 6.07) is 8.64. The van der Waals surface area contributed by atoms with E-state index >= 15 is 0 Å². The van der Waals surface area contributed by atoms with Crippen molar-refractivity contribution in [1.29, 1.82) is 0 Å². The highest BCUT2D eigenvalue weighted by atomic mass is 32.1. The maximum atomic E-state index is 6.16. The largest absolute Gasteiger partial charge is 0.324 e. The van der Waals surface area contributed by atoms with E-state index in [0.717, 1.165) is 12.8 Å². The van der Waals surface area contributed by atoms with E-state index < -0.39 is 0 Å². The molecule has 84 valence electrons. The second-order valence-electron chi connectivity index (χ2n) is 3.87. The first-order chi connectivity index (χ1) is 7.79. The molecule has 1 atom stereocenters. The highest BCUT2D eigenvalue weighted by Crippen LogP contribution is 2.18. The van der Waals surface area contributed by atoms with Gasteiger partial charge in [-0.25, -0.2) is 0 Å². The molecule has 0 aliphatic heterocycles. The molecule has 1 heterocycles. The van der Waals surface area contributed by atoms with Gasteiger partial charge in [0.05, 0.1) is 5.51 Å². The van der Waals surface area contributed by atoms with Crippen LogP contribution in [-0.4, -0.2) is 4.98 Å². The van der Waals surface area contributed by atoms with E-state index in [9.17, 15) is 0 Å². The maximum absolute atomic E-state index is 6.16. The fraction of sp³-hybridized carbons (Fsp3) is 0.308. The van der Waals surface area contributed by atoms with Crippen molar-refractivity contribution in [2.45, 2.75) is 25.8 Å². The molecule has 2 rings (SSSR count). The van der Waals surface area contributed by atoms with Gasteiger partial charge in [-0.15, -0.1) is 11.3 Å². The van der Waals surface area contributed by atoms with Crippen molar-refractivity contribution in [1.82, 2.24) is 4.98 Å². The molecule has 1 aromatic heterocycles. The molecule has 0 amide bonds. The van der Waals surface area contributed by atoms with Crippen LogP contribution in [0.3, 0.4) is 0 Å². The summed E-state index contributed by atoms with van der Waals surface area (Å²) in [6.07, 6.45) is 3.84. The van der Waals surface area contributed by atoms with Gasteiger partial charge in [0.2, 0.25) is 0 Å². The van der Waals surface area contributed by atoms with E-state index in [-0.39, 0.29) is 6.04 Å². The number of aromatic nitrogens is 1. The van der Waals surface area contributed by atoms with E-state index in [4.69, 9.17) is 5.73 Å². The lowest BCUT2D eigenvalue weighted by molar-refractivity contribution is 0.728. The summed E-state index contributed by atoms with van der Waals surface area (Å²) in [4.78, 5) is 5.30. The first-order valence-corrected chi connectivity index (χ1v) is 6.39. The molecule has 0 saturated heterocycles. The lowest BCUT2D eigenvalue weighted by Gasteiger charge is -2.11. The summed E-state index contributed by atoms with van der Waals surface area (Å²) in [5.74, 6) is 0. The zero-order valence-corrected chi connectivity index (χ0v) is 10.2. The minimum absolute atomic E-state index is 0.0753. The standard InChI is InChI=1S/C13H16N2S/c1-2-10-3-5-11(6-4-10)13(14)7-12-8-15-9-16-12/h3-6,8-9,13H,2,7,14H2,1H3. The van der Waals surface area contributed by atoms with E-state index in [1.165, 1.54) is 16.0 Å². The number of nitrogens with zero attached hydrogens (tertiary/aromatic N) is 1. The van der Waals surface area contributed by atoms with E-state index in [2.05, 4.69) is 36.2 Å². The fourth-order valence-electron chi connectivity index (χ4n) is 1.68. The van der Waals surface area contributed by atoms with Crippen molar-refractivity contribution in [3.8, 4) is 0 Å². The van der Waals surface area contributed by atoms with Gasteiger partial charge >= 0.3 is 0 Å². The van der Waals surface area contributed by atoms with Gasteiger partial charge in [-0.1, -0.05) is 31.2 Å². The average Bonchev–Trinajstić information content (AvgIpc) is 2.82. The number of thiazole rings is 1. The van der Waals surface area contributed by atoms with Crippen LogP contribution in [0.2, 0.25) is 0 Å². The van der Waals surface area contributed by atoms with Crippen LogP contribution in [0.5, 0.6) is 0 Å². The quantitative estimate of drug-likeness (QED) is 0.880. The van der Waals surface area contributed by atoms with Crippen LogP contribution in [0.15, 0.2) is 36.0 Å². The molecule has 1 aromatic carbocycles. The van der Waals surface area contributed by atoms with Crippen molar-refractivity contribution < 1.29 is 0 Å². The molecule has 2 aromatic rings. The Balaban J connectivity index is 2.05. The average molecular weight is 232 g/mol. The van der Waals surface area contributed by atoms with Crippen molar-refractivity contribution in [3.05, 3.63) is 52.0 Å². The summed E-state index contributed by atoms with van der Waals surface area (Å²) in [6.45, 7) is 2.16. The number of hydrogen-bond acceptors (Lipinski definition) is 3. The zero-order chi connectivity index (χ0) is 11.4. The third-order valence-corrected chi connectivity index (χ3v) is 3.52. The number of nitrogens with two attached hydrogens (primary N) is 1. The highest BCUT2D eigenvalue weighted by molar-refractivity contribution is 7.09. The topological polar surface area (TPSA) is 38.9 Å². The van der Waals surface area contributed by atoms with Crippen molar-refractivity contribution in [2.75, 3.05) is 0 Å². The van der Waals surface area contributed by atoms with Crippen molar-refractivity contribution >= 4 is 11.3 Å². The van der Waals surface area contributed by atoms with Crippen LogP contribution in [0.4, 0.5) is 0 Å². The molecular formula is C13H16N2S. The van der Waals surface area contributed by atoms with Gasteiger partial charge in [0.1, 0.15) is 0 Å². The SMILES string of the molecule is CCc1ccc(C(N)Cc2cncs2)cc1. The van der Waals surface area contributed by atoms with Crippen LogP contribution in [-0.2, 0) is 12.8 Å². The first kappa shape index (κ1) is 11.3. The second-order valence-corrected chi connectivity index (χ2v) is 4.84. The number of hydrogen-bond donors (Lipinski definition) is 1. The molecule has 0 aliphatic rings.